The zero-order valence-corrected chi connectivity index (χ0v) is 10.1. The SMILES string of the molecule is CPCCCCCCCCC1CC1. The Kier molecular flexibility index (Phi) is 6.90. The molecule has 0 aliphatic heterocycles. The molecule has 0 bridgehead atoms. The molecule has 0 saturated heterocycles. The second-order valence-corrected chi connectivity index (χ2v) is 5.66. The van der Waals surface area contributed by atoms with Gasteiger partial charge in [-0.2, -0.15) is 0 Å². The van der Waals surface area contributed by atoms with E-state index in [-0.39, 0.29) is 0 Å². The normalized spacial score (nSPS) is 17.3. The summed E-state index contributed by atoms with van der Waals surface area (Å²) in [6.45, 7) is 2.32. The van der Waals surface area contributed by atoms with E-state index in [2.05, 4.69) is 6.66 Å². The van der Waals surface area contributed by atoms with Gasteiger partial charge in [0.25, 0.3) is 0 Å². The molecular weight excluding hydrogens is 175 g/mol. The first-order valence-corrected chi connectivity index (χ1v) is 7.79. The summed E-state index contributed by atoms with van der Waals surface area (Å²) in [6.07, 6.45) is 15.1. The van der Waals surface area contributed by atoms with Crippen LogP contribution in [0.2, 0.25) is 0 Å². The van der Waals surface area contributed by atoms with Crippen molar-refractivity contribution in [3.8, 4) is 0 Å². The van der Waals surface area contributed by atoms with Crippen molar-refractivity contribution in [1.82, 2.24) is 0 Å². The molecule has 1 heteroatoms. The number of rotatable bonds is 9. The Morgan fingerprint density at radius 1 is 0.923 bits per heavy atom. The fourth-order valence-corrected chi connectivity index (χ4v) is 2.45. The summed E-state index contributed by atoms with van der Waals surface area (Å²) in [4.78, 5) is 0. The van der Waals surface area contributed by atoms with Crippen molar-refractivity contribution in [3.63, 3.8) is 0 Å². The van der Waals surface area contributed by atoms with Crippen molar-refractivity contribution in [3.05, 3.63) is 0 Å². The van der Waals surface area contributed by atoms with E-state index in [0.717, 1.165) is 5.92 Å². The molecule has 78 valence electrons. The van der Waals surface area contributed by atoms with Crippen LogP contribution in [0.4, 0.5) is 0 Å². The van der Waals surface area contributed by atoms with Gasteiger partial charge in [0.15, 0.2) is 0 Å². The molecule has 0 spiro atoms. The first-order chi connectivity index (χ1) is 6.43. The van der Waals surface area contributed by atoms with Gasteiger partial charge in [0, 0.05) is 0 Å². The van der Waals surface area contributed by atoms with Crippen LogP contribution in [0.5, 0.6) is 0 Å². The maximum absolute atomic E-state index is 2.32. The Labute approximate surface area is 85.7 Å². The van der Waals surface area contributed by atoms with Gasteiger partial charge in [0.1, 0.15) is 0 Å². The van der Waals surface area contributed by atoms with Gasteiger partial charge < -0.3 is 0 Å². The van der Waals surface area contributed by atoms with Crippen LogP contribution in [-0.2, 0) is 0 Å². The van der Waals surface area contributed by atoms with Gasteiger partial charge >= 0.3 is 0 Å². The molecule has 0 aromatic heterocycles. The van der Waals surface area contributed by atoms with Crippen molar-refractivity contribution in [2.45, 2.75) is 57.8 Å². The van der Waals surface area contributed by atoms with Crippen molar-refractivity contribution >= 4 is 8.58 Å². The van der Waals surface area contributed by atoms with Crippen molar-refractivity contribution in [2.24, 2.45) is 5.92 Å². The predicted octanol–water partition coefficient (Wildman–Crippen LogP) is 4.44. The quantitative estimate of drug-likeness (QED) is 0.381. The molecule has 0 aromatic carbocycles. The molecule has 1 unspecified atom stereocenters. The second kappa shape index (κ2) is 7.80. The maximum atomic E-state index is 2.32. The zero-order chi connectivity index (χ0) is 9.36. The first kappa shape index (κ1) is 11.5. The molecular formula is C12H25P. The maximum Gasteiger partial charge on any atom is -0.0356 e. The van der Waals surface area contributed by atoms with Crippen LogP contribution in [0, 0.1) is 5.92 Å². The first-order valence-electron chi connectivity index (χ1n) is 6.08. The largest absolute Gasteiger partial charge is 0.125 e. The molecule has 1 aliphatic rings. The summed E-state index contributed by atoms with van der Waals surface area (Å²) in [5, 5.41) is 0. The Bertz CT molecular complexity index is 108. The molecule has 1 saturated carbocycles. The molecule has 0 amide bonds. The molecule has 1 aliphatic carbocycles. The number of hydrogen-bond acceptors (Lipinski definition) is 0. The van der Waals surface area contributed by atoms with E-state index in [1.54, 1.807) is 0 Å². The van der Waals surface area contributed by atoms with Gasteiger partial charge in [-0.15, -0.1) is 8.58 Å². The Morgan fingerprint density at radius 2 is 1.54 bits per heavy atom. The minimum Gasteiger partial charge on any atom is -0.125 e. The van der Waals surface area contributed by atoms with Crippen LogP contribution >= 0.6 is 8.58 Å². The summed E-state index contributed by atoms with van der Waals surface area (Å²) >= 11 is 0. The predicted molar refractivity (Wildman–Crippen MR) is 64.1 cm³/mol. The lowest BCUT2D eigenvalue weighted by Crippen LogP contribution is -1.82. The third kappa shape index (κ3) is 7.50. The Hall–Kier alpha value is 0.430. The molecule has 13 heavy (non-hydrogen) atoms. The van der Waals surface area contributed by atoms with Gasteiger partial charge in [0.2, 0.25) is 0 Å². The summed E-state index contributed by atoms with van der Waals surface area (Å²) in [6, 6.07) is 0. The van der Waals surface area contributed by atoms with Crippen LogP contribution in [0.1, 0.15) is 57.8 Å². The highest BCUT2D eigenvalue weighted by Gasteiger charge is 2.19. The third-order valence-electron chi connectivity index (χ3n) is 2.99. The molecule has 0 radical (unpaired) electrons. The average Bonchev–Trinajstić information content (AvgIpc) is 2.93. The molecule has 1 rings (SSSR count). The van der Waals surface area contributed by atoms with E-state index in [0.29, 0.717) is 0 Å². The Morgan fingerprint density at radius 3 is 2.15 bits per heavy atom. The summed E-state index contributed by atoms with van der Waals surface area (Å²) in [5.41, 5.74) is 0. The van der Waals surface area contributed by atoms with Gasteiger partial charge in [-0.05, 0) is 25.2 Å². The monoisotopic (exact) mass is 200 g/mol. The van der Waals surface area contributed by atoms with E-state index in [1.165, 1.54) is 72.5 Å². The lowest BCUT2D eigenvalue weighted by molar-refractivity contribution is 0.569. The standard InChI is InChI=1S/C12H25P/c1-13-11-7-5-3-2-4-6-8-12-9-10-12/h12-13H,2-11H2,1H3. The third-order valence-corrected chi connectivity index (χ3v) is 3.84. The van der Waals surface area contributed by atoms with Gasteiger partial charge in [0.05, 0.1) is 0 Å². The minimum atomic E-state index is 1.15. The van der Waals surface area contributed by atoms with Crippen LogP contribution in [0.15, 0.2) is 0 Å². The topological polar surface area (TPSA) is 0 Å². The molecule has 0 nitrogen and oxygen atoms in total. The second-order valence-electron chi connectivity index (χ2n) is 4.46. The molecule has 1 atom stereocenters. The average molecular weight is 200 g/mol. The lowest BCUT2D eigenvalue weighted by atomic mass is 10.1. The van der Waals surface area contributed by atoms with E-state index in [9.17, 15) is 0 Å². The van der Waals surface area contributed by atoms with E-state index >= 15 is 0 Å². The smallest absolute Gasteiger partial charge is 0.0356 e. The molecule has 0 heterocycles. The molecule has 0 N–H and O–H groups in total. The fourth-order valence-electron chi connectivity index (χ4n) is 1.85. The van der Waals surface area contributed by atoms with Crippen molar-refractivity contribution < 1.29 is 0 Å². The summed E-state index contributed by atoms with van der Waals surface area (Å²) in [5.74, 6) is 1.15. The van der Waals surface area contributed by atoms with Crippen LogP contribution in [0.3, 0.4) is 0 Å². The van der Waals surface area contributed by atoms with Crippen molar-refractivity contribution in [2.75, 3.05) is 12.8 Å². The highest BCUT2D eigenvalue weighted by atomic mass is 31.1. The van der Waals surface area contributed by atoms with Crippen LogP contribution in [0.25, 0.3) is 0 Å². The number of hydrogen-bond donors (Lipinski definition) is 0. The van der Waals surface area contributed by atoms with Crippen LogP contribution in [-0.4, -0.2) is 12.8 Å². The number of unbranched alkanes of at least 4 members (excludes halogenated alkanes) is 5. The fraction of sp³-hybridized carbons (Fsp3) is 1.00. The zero-order valence-electron chi connectivity index (χ0n) is 9.15. The van der Waals surface area contributed by atoms with Gasteiger partial charge in [-0.25, -0.2) is 0 Å². The highest BCUT2D eigenvalue weighted by Crippen LogP contribution is 2.34. The van der Waals surface area contributed by atoms with Crippen LogP contribution < -0.4 is 0 Å². The molecule has 0 aromatic rings. The van der Waals surface area contributed by atoms with Gasteiger partial charge in [-0.3, -0.25) is 0 Å². The van der Waals surface area contributed by atoms with E-state index in [1.807, 2.05) is 0 Å². The highest BCUT2D eigenvalue weighted by molar-refractivity contribution is 7.36. The van der Waals surface area contributed by atoms with E-state index in [4.69, 9.17) is 0 Å². The van der Waals surface area contributed by atoms with Crippen molar-refractivity contribution in [1.29, 1.82) is 0 Å². The van der Waals surface area contributed by atoms with Gasteiger partial charge in [-0.1, -0.05) is 51.4 Å². The summed E-state index contributed by atoms with van der Waals surface area (Å²) in [7, 11) is 1.17. The summed E-state index contributed by atoms with van der Waals surface area (Å²) < 4.78 is 0. The Balaban J connectivity index is 1.63. The minimum absolute atomic E-state index is 1.15. The van der Waals surface area contributed by atoms with E-state index < -0.39 is 0 Å². The molecule has 1 fully saturated rings. The lowest BCUT2D eigenvalue weighted by Gasteiger charge is -2.00.